The summed E-state index contributed by atoms with van der Waals surface area (Å²) >= 11 is 0. The maximum absolute atomic E-state index is 13.7. The SMILES string of the molecule is CC(C)(C)NC(=O)C(Cc1cccc(C(=N)N)c1)N1CCc2cc(OC3CCN(C(=N)N)CC3)ccc2C1=O. The van der Waals surface area contributed by atoms with Gasteiger partial charge in [0.05, 0.1) is 0 Å². The summed E-state index contributed by atoms with van der Waals surface area (Å²) in [5.41, 5.74) is 13.7. The molecule has 10 nitrogen and oxygen atoms in total. The van der Waals surface area contributed by atoms with Gasteiger partial charge in [-0.1, -0.05) is 18.2 Å². The number of ether oxygens (including phenoxy) is 1. The number of piperidine rings is 1. The third-order valence-electron chi connectivity index (χ3n) is 7.12. The number of benzene rings is 2. The zero-order valence-corrected chi connectivity index (χ0v) is 22.9. The van der Waals surface area contributed by atoms with E-state index in [1.54, 1.807) is 23.1 Å². The molecule has 0 aliphatic carbocycles. The minimum atomic E-state index is -0.713. The first-order valence-electron chi connectivity index (χ1n) is 13.4. The van der Waals surface area contributed by atoms with Gasteiger partial charge in [0, 0.05) is 55.6 Å². The average Bonchev–Trinajstić information content (AvgIpc) is 2.87. The fourth-order valence-corrected chi connectivity index (χ4v) is 5.15. The van der Waals surface area contributed by atoms with Gasteiger partial charge in [0.25, 0.3) is 5.91 Å². The molecule has 0 spiro atoms. The quantitative estimate of drug-likeness (QED) is 0.271. The second kappa shape index (κ2) is 11.3. The van der Waals surface area contributed by atoms with Gasteiger partial charge in [0.1, 0.15) is 23.7 Å². The molecule has 0 bridgehead atoms. The van der Waals surface area contributed by atoms with Crippen LogP contribution in [0.25, 0.3) is 0 Å². The standard InChI is InChI=1S/C29H39N7O3/c1-29(2,3)34-26(37)24(16-18-5-4-6-20(15-18)25(30)31)36-14-9-19-17-22(7-8-23(19)27(36)38)39-21-10-12-35(13-11-21)28(32)33/h4-8,15,17,21,24H,9-14,16H2,1-3H3,(H3,30,31)(H3,32,33)(H,34,37). The molecule has 2 aliphatic heterocycles. The van der Waals surface area contributed by atoms with Gasteiger partial charge in [-0.25, -0.2) is 0 Å². The normalized spacial score (nSPS) is 16.8. The van der Waals surface area contributed by atoms with E-state index in [1.807, 2.05) is 49.9 Å². The predicted molar refractivity (Wildman–Crippen MR) is 151 cm³/mol. The van der Waals surface area contributed by atoms with Crippen molar-refractivity contribution < 1.29 is 14.3 Å². The second-order valence-corrected chi connectivity index (χ2v) is 11.3. The number of nitrogen functional groups attached to an aromatic ring is 1. The molecule has 2 aromatic carbocycles. The lowest BCUT2D eigenvalue weighted by Crippen LogP contribution is -2.56. The number of hydrogen-bond donors (Lipinski definition) is 5. The van der Waals surface area contributed by atoms with Gasteiger partial charge in [-0.3, -0.25) is 20.4 Å². The molecule has 0 aromatic heterocycles. The van der Waals surface area contributed by atoms with Gasteiger partial charge < -0.3 is 31.3 Å². The summed E-state index contributed by atoms with van der Waals surface area (Å²) in [6.45, 7) is 7.52. The monoisotopic (exact) mass is 533 g/mol. The summed E-state index contributed by atoms with van der Waals surface area (Å²) in [7, 11) is 0. The minimum absolute atomic E-state index is 0.0330. The molecule has 1 atom stereocenters. The molecule has 2 heterocycles. The Morgan fingerprint density at radius 3 is 2.46 bits per heavy atom. The Labute approximate surface area is 229 Å². The number of amides is 2. The van der Waals surface area contributed by atoms with Crippen LogP contribution in [0.15, 0.2) is 42.5 Å². The Morgan fingerprint density at radius 1 is 1.10 bits per heavy atom. The Bertz CT molecular complexity index is 1260. The maximum Gasteiger partial charge on any atom is 0.254 e. The first-order valence-corrected chi connectivity index (χ1v) is 13.4. The highest BCUT2D eigenvalue weighted by Gasteiger charge is 2.35. The van der Waals surface area contributed by atoms with Crippen LogP contribution in [-0.4, -0.2) is 70.7 Å². The Kier molecular flexibility index (Phi) is 8.13. The Hall–Kier alpha value is -4.08. The van der Waals surface area contributed by atoms with Crippen molar-refractivity contribution in [1.82, 2.24) is 15.1 Å². The number of nitrogens with zero attached hydrogens (tertiary/aromatic N) is 2. The summed E-state index contributed by atoms with van der Waals surface area (Å²) in [5, 5.41) is 18.4. The van der Waals surface area contributed by atoms with Gasteiger partial charge in [0.15, 0.2) is 5.96 Å². The molecule has 1 saturated heterocycles. The molecule has 0 saturated carbocycles. The number of fused-ring (bicyclic) bond motifs is 1. The lowest BCUT2D eigenvalue weighted by molar-refractivity contribution is -0.127. The minimum Gasteiger partial charge on any atom is -0.490 e. The van der Waals surface area contributed by atoms with Crippen molar-refractivity contribution in [3.05, 3.63) is 64.7 Å². The summed E-state index contributed by atoms with van der Waals surface area (Å²) in [6, 6.07) is 12.1. The topological polar surface area (TPSA) is 162 Å². The van der Waals surface area contributed by atoms with Gasteiger partial charge >= 0.3 is 0 Å². The third kappa shape index (κ3) is 6.87. The largest absolute Gasteiger partial charge is 0.490 e. The highest BCUT2D eigenvalue weighted by Crippen LogP contribution is 2.28. The van der Waals surface area contributed by atoms with E-state index >= 15 is 0 Å². The van der Waals surface area contributed by atoms with Crippen molar-refractivity contribution in [2.75, 3.05) is 19.6 Å². The zero-order chi connectivity index (χ0) is 28.3. The predicted octanol–water partition coefficient (Wildman–Crippen LogP) is 2.23. The number of carbonyl (C=O) groups excluding carboxylic acids is 2. The molecular formula is C29H39N7O3. The first kappa shape index (κ1) is 27.9. The lowest BCUT2D eigenvalue weighted by atomic mass is 9.94. The molecule has 0 radical (unpaired) electrons. The number of likely N-dealkylation sites (tertiary alicyclic amines) is 1. The maximum atomic E-state index is 13.7. The van der Waals surface area contributed by atoms with Gasteiger partial charge in [0.2, 0.25) is 5.91 Å². The molecule has 1 unspecified atom stereocenters. The van der Waals surface area contributed by atoms with Crippen molar-refractivity contribution in [3.8, 4) is 5.75 Å². The molecule has 7 N–H and O–H groups in total. The van der Waals surface area contributed by atoms with Crippen LogP contribution in [0.2, 0.25) is 0 Å². The molecule has 10 heteroatoms. The number of hydrogen-bond acceptors (Lipinski definition) is 5. The molecule has 2 aliphatic rings. The fraction of sp³-hybridized carbons (Fsp3) is 0.448. The van der Waals surface area contributed by atoms with E-state index in [-0.39, 0.29) is 29.7 Å². The van der Waals surface area contributed by atoms with Crippen molar-refractivity contribution >= 4 is 23.6 Å². The number of guanidine groups is 1. The number of nitrogens with one attached hydrogen (secondary N) is 3. The summed E-state index contributed by atoms with van der Waals surface area (Å²) < 4.78 is 6.21. The Morgan fingerprint density at radius 2 is 1.82 bits per heavy atom. The van der Waals surface area contributed by atoms with Gasteiger partial charge in [-0.05, 0) is 62.6 Å². The van der Waals surface area contributed by atoms with E-state index in [9.17, 15) is 9.59 Å². The number of nitrogens with two attached hydrogens (primary N) is 2. The molecule has 39 heavy (non-hydrogen) atoms. The van der Waals surface area contributed by atoms with E-state index in [4.69, 9.17) is 27.0 Å². The molecule has 2 amide bonds. The molecular weight excluding hydrogens is 494 g/mol. The molecule has 1 fully saturated rings. The lowest BCUT2D eigenvalue weighted by Gasteiger charge is -2.36. The van der Waals surface area contributed by atoms with Gasteiger partial charge in [-0.15, -0.1) is 0 Å². The van der Waals surface area contributed by atoms with E-state index in [2.05, 4.69) is 5.32 Å². The van der Waals surface area contributed by atoms with Crippen molar-refractivity contribution in [2.45, 2.75) is 64.1 Å². The summed E-state index contributed by atoms with van der Waals surface area (Å²) in [5.74, 6) is 0.363. The van der Waals surface area contributed by atoms with Gasteiger partial charge in [-0.2, -0.15) is 0 Å². The smallest absolute Gasteiger partial charge is 0.254 e. The fourth-order valence-electron chi connectivity index (χ4n) is 5.15. The van der Waals surface area contributed by atoms with E-state index in [1.165, 1.54) is 0 Å². The highest BCUT2D eigenvalue weighted by atomic mass is 16.5. The van der Waals surface area contributed by atoms with Crippen LogP contribution in [0.5, 0.6) is 5.75 Å². The number of carbonyl (C=O) groups is 2. The van der Waals surface area contributed by atoms with Crippen LogP contribution < -0.4 is 21.5 Å². The van der Waals surface area contributed by atoms with Crippen LogP contribution in [0.4, 0.5) is 0 Å². The average molecular weight is 534 g/mol. The first-order chi connectivity index (χ1) is 18.4. The van der Waals surface area contributed by atoms with Crippen molar-refractivity contribution in [2.24, 2.45) is 11.5 Å². The van der Waals surface area contributed by atoms with Crippen LogP contribution in [-0.2, 0) is 17.6 Å². The second-order valence-electron chi connectivity index (χ2n) is 11.3. The van der Waals surface area contributed by atoms with E-state index < -0.39 is 11.6 Å². The summed E-state index contributed by atoms with van der Waals surface area (Å²) in [4.78, 5) is 30.7. The third-order valence-corrected chi connectivity index (χ3v) is 7.12. The van der Waals surface area contributed by atoms with Crippen LogP contribution in [0.1, 0.15) is 60.7 Å². The molecule has 208 valence electrons. The van der Waals surface area contributed by atoms with Crippen LogP contribution >= 0.6 is 0 Å². The molecule has 2 aromatic rings. The molecule has 4 rings (SSSR count). The zero-order valence-electron chi connectivity index (χ0n) is 22.9. The highest BCUT2D eigenvalue weighted by molar-refractivity contribution is 6.00. The van der Waals surface area contributed by atoms with Crippen LogP contribution in [0, 0.1) is 10.8 Å². The van der Waals surface area contributed by atoms with E-state index in [0.717, 1.165) is 29.7 Å². The summed E-state index contributed by atoms with van der Waals surface area (Å²) in [6.07, 6.45) is 2.50. The van der Waals surface area contributed by atoms with Crippen molar-refractivity contribution in [3.63, 3.8) is 0 Å². The number of rotatable bonds is 7. The van der Waals surface area contributed by atoms with Crippen LogP contribution in [0.3, 0.4) is 0 Å². The Balaban J connectivity index is 1.52. The number of amidine groups is 1. The van der Waals surface area contributed by atoms with Crippen molar-refractivity contribution in [1.29, 1.82) is 10.8 Å². The van der Waals surface area contributed by atoms with E-state index in [0.29, 0.717) is 43.6 Å².